The highest BCUT2D eigenvalue weighted by Crippen LogP contribution is 2.27. The van der Waals surface area contributed by atoms with Crippen molar-refractivity contribution >= 4 is 0 Å². The van der Waals surface area contributed by atoms with Crippen LogP contribution in [0.3, 0.4) is 0 Å². The van der Waals surface area contributed by atoms with E-state index in [9.17, 15) is 0 Å². The zero-order valence-electron chi connectivity index (χ0n) is 10.9. The van der Waals surface area contributed by atoms with Gasteiger partial charge in [0.25, 0.3) is 0 Å². The second kappa shape index (κ2) is 6.61. The quantitative estimate of drug-likeness (QED) is 0.746. The molecule has 1 saturated heterocycles. The first-order valence-electron chi connectivity index (χ1n) is 7.24. The summed E-state index contributed by atoms with van der Waals surface area (Å²) in [5.41, 5.74) is 0. The van der Waals surface area contributed by atoms with Gasteiger partial charge >= 0.3 is 0 Å². The van der Waals surface area contributed by atoms with Crippen LogP contribution in [0.25, 0.3) is 0 Å². The van der Waals surface area contributed by atoms with E-state index in [1.54, 1.807) is 0 Å². The van der Waals surface area contributed by atoms with Crippen LogP contribution in [0.1, 0.15) is 44.9 Å². The number of nitrogens with one attached hydrogen (secondary N) is 1. The average Bonchev–Trinajstić information content (AvgIpc) is 2.25. The van der Waals surface area contributed by atoms with Crippen molar-refractivity contribution in [3.63, 3.8) is 0 Å². The highest BCUT2D eigenvalue weighted by molar-refractivity contribution is 4.73. The van der Waals surface area contributed by atoms with Gasteiger partial charge < -0.3 is 10.2 Å². The van der Waals surface area contributed by atoms with E-state index in [1.807, 2.05) is 0 Å². The van der Waals surface area contributed by atoms with Crippen LogP contribution >= 0.6 is 0 Å². The molecule has 1 aliphatic carbocycles. The molecule has 0 amide bonds. The first-order chi connectivity index (χ1) is 7.84. The molecular formula is C14H28N2. The summed E-state index contributed by atoms with van der Waals surface area (Å²) in [6.45, 7) is 5.18. The van der Waals surface area contributed by atoms with Crippen molar-refractivity contribution in [1.82, 2.24) is 10.2 Å². The van der Waals surface area contributed by atoms with Crippen molar-refractivity contribution < 1.29 is 0 Å². The molecular weight excluding hydrogens is 196 g/mol. The van der Waals surface area contributed by atoms with Crippen LogP contribution in [0.2, 0.25) is 0 Å². The van der Waals surface area contributed by atoms with Gasteiger partial charge in [-0.3, -0.25) is 0 Å². The fraction of sp³-hybridized carbons (Fsp3) is 1.00. The fourth-order valence-electron chi connectivity index (χ4n) is 3.03. The van der Waals surface area contributed by atoms with E-state index < -0.39 is 0 Å². The monoisotopic (exact) mass is 224 g/mol. The van der Waals surface area contributed by atoms with Gasteiger partial charge in [-0.2, -0.15) is 0 Å². The Kier molecular flexibility index (Phi) is 5.11. The predicted octanol–water partition coefficient (Wildman–Crippen LogP) is 2.50. The van der Waals surface area contributed by atoms with Crippen LogP contribution in [-0.4, -0.2) is 38.1 Å². The zero-order valence-corrected chi connectivity index (χ0v) is 10.9. The lowest BCUT2D eigenvalue weighted by molar-refractivity contribution is 0.198. The fourth-order valence-corrected chi connectivity index (χ4v) is 3.03. The van der Waals surface area contributed by atoms with Gasteiger partial charge in [0.2, 0.25) is 0 Å². The van der Waals surface area contributed by atoms with E-state index in [1.165, 1.54) is 71.1 Å². The topological polar surface area (TPSA) is 15.3 Å². The van der Waals surface area contributed by atoms with E-state index in [2.05, 4.69) is 17.3 Å². The van der Waals surface area contributed by atoms with Crippen molar-refractivity contribution in [1.29, 1.82) is 0 Å². The predicted molar refractivity (Wildman–Crippen MR) is 69.7 cm³/mol. The van der Waals surface area contributed by atoms with Gasteiger partial charge in [-0.05, 0) is 77.0 Å². The van der Waals surface area contributed by atoms with Crippen LogP contribution in [0.15, 0.2) is 0 Å². The van der Waals surface area contributed by atoms with Crippen molar-refractivity contribution in [2.45, 2.75) is 44.9 Å². The summed E-state index contributed by atoms with van der Waals surface area (Å²) in [6, 6.07) is 0. The summed E-state index contributed by atoms with van der Waals surface area (Å²) in [6.07, 6.45) is 10.1. The first-order valence-corrected chi connectivity index (χ1v) is 7.24. The summed E-state index contributed by atoms with van der Waals surface area (Å²) < 4.78 is 0. The van der Waals surface area contributed by atoms with E-state index >= 15 is 0 Å². The van der Waals surface area contributed by atoms with Crippen molar-refractivity contribution in [2.75, 3.05) is 33.2 Å². The number of nitrogens with zero attached hydrogens (tertiary/aromatic N) is 1. The molecule has 0 radical (unpaired) electrons. The molecule has 94 valence electrons. The summed E-state index contributed by atoms with van der Waals surface area (Å²) in [5.74, 6) is 2.04. The summed E-state index contributed by atoms with van der Waals surface area (Å²) >= 11 is 0. The lowest BCUT2D eigenvalue weighted by Crippen LogP contribution is -2.31. The molecule has 0 aromatic heterocycles. The minimum atomic E-state index is 1.01. The maximum absolute atomic E-state index is 3.44. The summed E-state index contributed by atoms with van der Waals surface area (Å²) in [4.78, 5) is 2.56. The number of hydrogen-bond acceptors (Lipinski definition) is 2. The SMILES string of the molecule is CN(CCCC1CCNCC1)CC1CCC1. The van der Waals surface area contributed by atoms with Crippen LogP contribution in [-0.2, 0) is 0 Å². The molecule has 2 rings (SSSR count). The summed E-state index contributed by atoms with van der Waals surface area (Å²) in [7, 11) is 2.31. The van der Waals surface area contributed by atoms with Crippen LogP contribution in [0, 0.1) is 11.8 Å². The normalized spacial score (nSPS) is 23.6. The van der Waals surface area contributed by atoms with E-state index in [0.29, 0.717) is 0 Å². The van der Waals surface area contributed by atoms with Gasteiger partial charge in [-0.25, -0.2) is 0 Å². The Bertz CT molecular complexity index is 183. The Morgan fingerprint density at radius 3 is 2.44 bits per heavy atom. The van der Waals surface area contributed by atoms with E-state index in [-0.39, 0.29) is 0 Å². The van der Waals surface area contributed by atoms with Gasteiger partial charge in [0.05, 0.1) is 0 Å². The molecule has 0 spiro atoms. The third-order valence-corrected chi connectivity index (χ3v) is 4.41. The summed E-state index contributed by atoms with van der Waals surface area (Å²) in [5, 5.41) is 3.44. The standard InChI is InChI=1S/C14H28N2/c1-16(12-14-4-2-5-14)11-3-6-13-7-9-15-10-8-13/h13-15H,2-12H2,1H3. The lowest BCUT2D eigenvalue weighted by atomic mass is 9.85. The van der Waals surface area contributed by atoms with E-state index in [4.69, 9.17) is 0 Å². The highest BCUT2D eigenvalue weighted by Gasteiger charge is 2.19. The lowest BCUT2D eigenvalue weighted by Gasteiger charge is -2.30. The number of piperidine rings is 1. The molecule has 1 saturated carbocycles. The van der Waals surface area contributed by atoms with Gasteiger partial charge in [0.1, 0.15) is 0 Å². The van der Waals surface area contributed by atoms with Crippen molar-refractivity contribution in [3.05, 3.63) is 0 Å². The average molecular weight is 224 g/mol. The molecule has 16 heavy (non-hydrogen) atoms. The Hall–Kier alpha value is -0.0800. The minimum Gasteiger partial charge on any atom is -0.317 e. The van der Waals surface area contributed by atoms with Crippen molar-refractivity contribution in [3.8, 4) is 0 Å². The third-order valence-electron chi connectivity index (χ3n) is 4.41. The molecule has 2 fully saturated rings. The Balaban J connectivity index is 1.49. The van der Waals surface area contributed by atoms with Crippen LogP contribution < -0.4 is 5.32 Å². The number of hydrogen-bond donors (Lipinski definition) is 1. The van der Waals surface area contributed by atoms with Crippen LogP contribution in [0.5, 0.6) is 0 Å². The first kappa shape index (κ1) is 12.4. The third kappa shape index (κ3) is 4.06. The van der Waals surface area contributed by atoms with Gasteiger partial charge in [-0.15, -0.1) is 0 Å². The Labute approximate surface area is 101 Å². The second-order valence-corrected chi connectivity index (χ2v) is 5.89. The molecule has 1 heterocycles. The van der Waals surface area contributed by atoms with Gasteiger partial charge in [0.15, 0.2) is 0 Å². The molecule has 0 aromatic rings. The molecule has 2 heteroatoms. The van der Waals surface area contributed by atoms with Crippen molar-refractivity contribution in [2.24, 2.45) is 11.8 Å². The molecule has 0 atom stereocenters. The highest BCUT2D eigenvalue weighted by atomic mass is 15.1. The second-order valence-electron chi connectivity index (χ2n) is 5.89. The zero-order chi connectivity index (χ0) is 11.2. The van der Waals surface area contributed by atoms with Gasteiger partial charge in [0, 0.05) is 6.54 Å². The Morgan fingerprint density at radius 1 is 1.06 bits per heavy atom. The van der Waals surface area contributed by atoms with Crippen LogP contribution in [0.4, 0.5) is 0 Å². The maximum Gasteiger partial charge on any atom is 0.000661 e. The van der Waals surface area contributed by atoms with E-state index in [0.717, 1.165) is 11.8 Å². The number of rotatable bonds is 6. The maximum atomic E-state index is 3.44. The molecule has 0 aromatic carbocycles. The molecule has 0 unspecified atom stereocenters. The molecule has 2 nitrogen and oxygen atoms in total. The molecule has 0 bridgehead atoms. The molecule has 1 aliphatic heterocycles. The minimum absolute atomic E-state index is 1.01. The largest absolute Gasteiger partial charge is 0.317 e. The molecule has 2 aliphatic rings. The smallest absolute Gasteiger partial charge is 0.000661 e. The molecule has 1 N–H and O–H groups in total. The van der Waals surface area contributed by atoms with Gasteiger partial charge in [-0.1, -0.05) is 6.42 Å². The Morgan fingerprint density at radius 2 is 1.81 bits per heavy atom.